The van der Waals surface area contributed by atoms with Crippen molar-refractivity contribution in [2.45, 2.75) is 97.8 Å². The van der Waals surface area contributed by atoms with Crippen molar-refractivity contribution in [3.63, 3.8) is 0 Å². The normalized spacial score (nSPS) is 11.5. The fourth-order valence-electron chi connectivity index (χ4n) is 7.19. The molecule has 0 heterocycles. The van der Waals surface area contributed by atoms with E-state index in [1.54, 1.807) is 21.3 Å². The van der Waals surface area contributed by atoms with Crippen molar-refractivity contribution in [3.8, 4) is 34.5 Å². The van der Waals surface area contributed by atoms with Crippen LogP contribution in [0.5, 0.6) is 34.5 Å². The maximum absolute atomic E-state index is 6.58. The molecule has 0 saturated heterocycles. The zero-order chi connectivity index (χ0) is 44.7. The quantitative estimate of drug-likeness (QED) is 0.0314. The van der Waals surface area contributed by atoms with Crippen LogP contribution in [0, 0.1) is 0 Å². The number of hydrogen-bond acceptors (Lipinski definition) is 12. The smallest absolute Gasteiger partial charge is 0.161 e. The summed E-state index contributed by atoms with van der Waals surface area (Å²) in [6.07, 6.45) is 13.1. The highest BCUT2D eigenvalue weighted by atomic mass is 16.6. The summed E-state index contributed by atoms with van der Waals surface area (Å²) in [6.45, 7) is 13.7. The fraction of sp³-hybridized carbons (Fsp3) is 0.647. The van der Waals surface area contributed by atoms with Crippen molar-refractivity contribution in [1.29, 1.82) is 0 Å². The lowest BCUT2D eigenvalue weighted by Crippen LogP contribution is -2.11. The molecule has 0 fully saturated rings. The topological polar surface area (TPSA) is 111 Å². The van der Waals surface area contributed by atoms with Crippen LogP contribution in [0.15, 0.2) is 36.4 Å². The molecule has 0 saturated carbocycles. The molecule has 0 N–H and O–H groups in total. The van der Waals surface area contributed by atoms with Gasteiger partial charge in [-0.3, -0.25) is 0 Å². The largest absolute Gasteiger partial charge is 0.490 e. The van der Waals surface area contributed by atoms with Gasteiger partial charge in [0.1, 0.15) is 19.8 Å². The number of fused-ring (bicyclic) bond motifs is 6. The number of unbranched alkanes of at least 4 members (excludes halogenated alkanes) is 9. The monoisotopic (exact) mass is 883 g/mol. The van der Waals surface area contributed by atoms with Gasteiger partial charge >= 0.3 is 0 Å². The van der Waals surface area contributed by atoms with Crippen LogP contribution in [0.3, 0.4) is 0 Å². The summed E-state index contributed by atoms with van der Waals surface area (Å²) in [4.78, 5) is 0. The average Bonchev–Trinajstić information content (AvgIpc) is 3.29. The van der Waals surface area contributed by atoms with E-state index in [-0.39, 0.29) is 0 Å². The highest BCUT2D eigenvalue weighted by Gasteiger charge is 2.21. The Labute approximate surface area is 377 Å². The third-order valence-corrected chi connectivity index (χ3v) is 10.6. The van der Waals surface area contributed by atoms with Crippen LogP contribution in [0.4, 0.5) is 0 Å². The van der Waals surface area contributed by atoms with Gasteiger partial charge in [-0.25, -0.2) is 0 Å². The minimum absolute atomic E-state index is 0.351. The Morgan fingerprint density at radius 2 is 0.476 bits per heavy atom. The molecule has 63 heavy (non-hydrogen) atoms. The maximum atomic E-state index is 6.58. The van der Waals surface area contributed by atoms with Crippen molar-refractivity contribution in [3.05, 3.63) is 36.4 Å². The molecule has 0 atom stereocenters. The van der Waals surface area contributed by atoms with Gasteiger partial charge in [0.15, 0.2) is 34.5 Å². The van der Waals surface area contributed by atoms with Crippen molar-refractivity contribution in [2.75, 3.05) is 120 Å². The zero-order valence-electron chi connectivity index (χ0n) is 39.5. The fourth-order valence-corrected chi connectivity index (χ4v) is 7.19. The molecule has 354 valence electrons. The molecule has 0 amide bonds. The number of ether oxygens (including phenoxy) is 12. The van der Waals surface area contributed by atoms with Crippen LogP contribution < -0.4 is 28.4 Å². The molecule has 4 aromatic carbocycles. The Balaban J connectivity index is 1.93. The summed E-state index contributed by atoms with van der Waals surface area (Å²) >= 11 is 0. The second-order valence-corrected chi connectivity index (χ2v) is 15.6. The van der Waals surface area contributed by atoms with Crippen molar-refractivity contribution >= 4 is 32.3 Å². The van der Waals surface area contributed by atoms with E-state index in [0.717, 1.165) is 96.5 Å². The molecule has 0 spiro atoms. The van der Waals surface area contributed by atoms with E-state index in [1.165, 1.54) is 12.8 Å². The minimum atomic E-state index is 0.351. The van der Waals surface area contributed by atoms with Crippen LogP contribution in [0.1, 0.15) is 97.8 Å². The molecule has 0 unspecified atom stereocenters. The molecule has 0 bridgehead atoms. The highest BCUT2D eigenvalue weighted by Crippen LogP contribution is 2.47. The minimum Gasteiger partial charge on any atom is -0.490 e. The highest BCUT2D eigenvalue weighted by molar-refractivity contribution is 6.26. The first-order chi connectivity index (χ1) is 31.1. The van der Waals surface area contributed by atoms with Gasteiger partial charge in [0.25, 0.3) is 0 Å². The Kier molecular flexibility index (Phi) is 26.3. The van der Waals surface area contributed by atoms with E-state index in [2.05, 4.69) is 57.2 Å². The van der Waals surface area contributed by atoms with Gasteiger partial charge in [-0.05, 0) is 88.0 Å². The third-order valence-electron chi connectivity index (χ3n) is 10.6. The van der Waals surface area contributed by atoms with Crippen LogP contribution >= 0.6 is 0 Å². The predicted octanol–water partition coefficient (Wildman–Crippen LogP) is 11.1. The lowest BCUT2D eigenvalue weighted by atomic mass is 9.93. The molecule has 4 rings (SSSR count). The molecule has 0 aliphatic carbocycles. The first kappa shape index (κ1) is 51.9. The number of rotatable bonds is 39. The molecular formula is C51H78O12. The van der Waals surface area contributed by atoms with Gasteiger partial charge in [-0.1, -0.05) is 78.6 Å². The molecule has 0 radical (unpaired) electrons. The van der Waals surface area contributed by atoms with E-state index >= 15 is 0 Å². The summed E-state index contributed by atoms with van der Waals surface area (Å²) < 4.78 is 72.0. The molecule has 12 heteroatoms. The van der Waals surface area contributed by atoms with Crippen LogP contribution in [0.25, 0.3) is 32.3 Å². The first-order valence-electron chi connectivity index (χ1n) is 23.6. The molecule has 0 aliphatic rings. The number of methoxy groups -OCH3 is 3. The van der Waals surface area contributed by atoms with Gasteiger partial charge in [-0.15, -0.1) is 0 Å². The third kappa shape index (κ3) is 18.0. The SMILES string of the molecule is CCCCCCOc1cc2c3cc(OCCCCCC)c(OCCOCCOC)cc3c3cc(OCCOCCOC)c(OCCCCCC)cc3c2cc1OCCOCCOC. The molecular weight excluding hydrogens is 805 g/mol. The van der Waals surface area contributed by atoms with Gasteiger partial charge in [0, 0.05) is 21.3 Å². The van der Waals surface area contributed by atoms with Gasteiger partial charge in [0.05, 0.1) is 79.3 Å². The lowest BCUT2D eigenvalue weighted by molar-refractivity contribution is 0.0538. The van der Waals surface area contributed by atoms with E-state index < -0.39 is 0 Å². The Bertz CT molecular complexity index is 1830. The molecule has 0 aromatic heterocycles. The van der Waals surface area contributed by atoms with E-state index in [0.29, 0.717) is 134 Å². The summed E-state index contributed by atoms with van der Waals surface area (Å²) in [7, 11) is 5.00. The first-order valence-corrected chi connectivity index (χ1v) is 23.6. The zero-order valence-corrected chi connectivity index (χ0v) is 39.5. The molecule has 4 aromatic rings. The summed E-state index contributed by atoms with van der Waals surface area (Å²) in [5, 5.41) is 5.94. The van der Waals surface area contributed by atoms with Gasteiger partial charge < -0.3 is 56.8 Å². The van der Waals surface area contributed by atoms with Crippen LogP contribution in [-0.4, -0.2) is 120 Å². The van der Waals surface area contributed by atoms with E-state index in [4.69, 9.17) is 56.8 Å². The molecule has 12 nitrogen and oxygen atoms in total. The predicted molar refractivity (Wildman–Crippen MR) is 252 cm³/mol. The maximum Gasteiger partial charge on any atom is 0.161 e. The van der Waals surface area contributed by atoms with Gasteiger partial charge in [-0.2, -0.15) is 0 Å². The second-order valence-electron chi connectivity index (χ2n) is 15.6. The van der Waals surface area contributed by atoms with Crippen molar-refractivity contribution in [1.82, 2.24) is 0 Å². The standard InChI is InChI=1S/C51H78O12/c1-7-10-13-16-19-58-46-34-40-41-35-47(59-20-17-14-11-8-2)50(62-32-29-56-26-23-53-5)38-44(41)45-39-51(63-33-30-57-27-24-54-6)48(60-21-18-15-12-9-3)36-42(45)43(40)37-49(46)61-31-28-55-25-22-52-4/h34-39H,7-33H2,1-6H3. The van der Waals surface area contributed by atoms with Gasteiger partial charge in [0.2, 0.25) is 0 Å². The van der Waals surface area contributed by atoms with E-state index in [1.807, 2.05) is 0 Å². The van der Waals surface area contributed by atoms with Crippen LogP contribution in [-0.2, 0) is 28.4 Å². The number of hydrogen-bond donors (Lipinski definition) is 0. The Morgan fingerprint density at radius 3 is 0.698 bits per heavy atom. The average molecular weight is 883 g/mol. The summed E-state index contributed by atoms with van der Waals surface area (Å²) in [5.41, 5.74) is 0. The Morgan fingerprint density at radius 1 is 0.254 bits per heavy atom. The molecule has 0 aliphatic heterocycles. The van der Waals surface area contributed by atoms with Crippen molar-refractivity contribution < 1.29 is 56.8 Å². The Hall–Kier alpha value is -3.78. The summed E-state index contributed by atoms with van der Waals surface area (Å²) in [5.74, 6) is 4.01. The number of benzene rings is 4. The van der Waals surface area contributed by atoms with Crippen LogP contribution in [0.2, 0.25) is 0 Å². The van der Waals surface area contributed by atoms with E-state index in [9.17, 15) is 0 Å². The summed E-state index contributed by atoms with van der Waals surface area (Å²) in [6, 6.07) is 12.7. The second kappa shape index (κ2) is 32.0. The lowest BCUT2D eigenvalue weighted by Gasteiger charge is -2.21. The van der Waals surface area contributed by atoms with Crippen molar-refractivity contribution in [2.24, 2.45) is 0 Å².